The third-order valence-corrected chi connectivity index (χ3v) is 7.07. The average molecular weight is 566 g/mol. The van der Waals surface area contributed by atoms with Crippen LogP contribution in [0.1, 0.15) is 45.6 Å². The molecule has 3 aromatic carbocycles. The SMILES string of the molecule is CCN1C(=O)[C@@H](NC(=O)c2cccc(C(F)(F)F)c2)[C@@H](c2ccc(F)cc2)c2c(CCN)nn(-c3ccccc3)c21. The molecule has 11 heteroatoms. The minimum Gasteiger partial charge on any atom is -0.339 e. The molecular formula is C30H27F4N5O2. The molecule has 1 aromatic heterocycles. The molecule has 2 atom stereocenters. The minimum atomic E-state index is -4.65. The summed E-state index contributed by atoms with van der Waals surface area (Å²) in [7, 11) is 0. The number of nitrogens with one attached hydrogen (secondary N) is 1. The normalized spacial score (nSPS) is 16.9. The van der Waals surface area contributed by atoms with E-state index >= 15 is 0 Å². The number of carbonyl (C=O) groups is 2. The van der Waals surface area contributed by atoms with Gasteiger partial charge in [-0.25, -0.2) is 9.07 Å². The fourth-order valence-corrected chi connectivity index (χ4v) is 5.24. The van der Waals surface area contributed by atoms with Crippen LogP contribution in [0.4, 0.5) is 23.4 Å². The summed E-state index contributed by atoms with van der Waals surface area (Å²) in [5.41, 5.74) is 7.14. The molecule has 2 heterocycles. The van der Waals surface area contributed by atoms with Crippen LogP contribution in [0, 0.1) is 5.82 Å². The molecule has 0 saturated heterocycles. The van der Waals surface area contributed by atoms with Crippen molar-refractivity contribution >= 4 is 17.6 Å². The first-order valence-corrected chi connectivity index (χ1v) is 13.1. The quantitative estimate of drug-likeness (QED) is 0.314. The predicted octanol–water partition coefficient (Wildman–Crippen LogP) is 4.83. The molecule has 1 aliphatic heterocycles. The number of rotatable bonds is 7. The number of nitrogens with zero attached hydrogens (tertiary/aromatic N) is 3. The first-order chi connectivity index (χ1) is 19.6. The van der Waals surface area contributed by atoms with Gasteiger partial charge < -0.3 is 11.1 Å². The van der Waals surface area contributed by atoms with E-state index in [1.54, 1.807) is 11.6 Å². The highest BCUT2D eigenvalue weighted by atomic mass is 19.4. The Morgan fingerprint density at radius 1 is 1.02 bits per heavy atom. The second-order valence-electron chi connectivity index (χ2n) is 9.61. The number of para-hydroxylation sites is 1. The lowest BCUT2D eigenvalue weighted by molar-refractivity contribution is -0.137. The molecule has 7 nitrogen and oxygen atoms in total. The summed E-state index contributed by atoms with van der Waals surface area (Å²) in [5, 5.41) is 7.51. The Kier molecular flexibility index (Phi) is 7.63. The van der Waals surface area contributed by atoms with Crippen LogP contribution in [0.3, 0.4) is 0 Å². The van der Waals surface area contributed by atoms with Crippen molar-refractivity contribution < 1.29 is 27.2 Å². The van der Waals surface area contributed by atoms with Gasteiger partial charge in [-0.05, 0) is 61.5 Å². The summed E-state index contributed by atoms with van der Waals surface area (Å²) in [4.78, 5) is 29.0. The van der Waals surface area contributed by atoms with E-state index in [1.807, 2.05) is 30.3 Å². The van der Waals surface area contributed by atoms with Crippen LogP contribution in [-0.2, 0) is 17.4 Å². The number of likely N-dealkylation sites (N-methyl/N-ethyl adjacent to an activating group) is 1. The number of carbonyl (C=O) groups excluding carboxylic acids is 2. The largest absolute Gasteiger partial charge is 0.416 e. The first-order valence-electron chi connectivity index (χ1n) is 13.1. The summed E-state index contributed by atoms with van der Waals surface area (Å²) in [6.07, 6.45) is -4.30. The van der Waals surface area contributed by atoms with Crippen molar-refractivity contribution in [3.63, 3.8) is 0 Å². The zero-order chi connectivity index (χ0) is 29.3. The Hall–Kier alpha value is -4.51. The van der Waals surface area contributed by atoms with Crippen molar-refractivity contribution in [3.8, 4) is 5.69 Å². The van der Waals surface area contributed by atoms with Crippen molar-refractivity contribution in [2.45, 2.75) is 31.5 Å². The Bertz CT molecular complexity index is 1570. The number of amides is 2. The van der Waals surface area contributed by atoms with Gasteiger partial charge in [-0.15, -0.1) is 0 Å². The van der Waals surface area contributed by atoms with Crippen molar-refractivity contribution in [1.82, 2.24) is 15.1 Å². The molecule has 212 valence electrons. The molecular weight excluding hydrogens is 538 g/mol. The molecule has 0 spiro atoms. The summed E-state index contributed by atoms with van der Waals surface area (Å²) in [5.74, 6) is -2.15. The lowest BCUT2D eigenvalue weighted by Crippen LogP contribution is -2.55. The lowest BCUT2D eigenvalue weighted by atomic mass is 9.80. The zero-order valence-electron chi connectivity index (χ0n) is 22.0. The summed E-state index contributed by atoms with van der Waals surface area (Å²) in [6.45, 7) is 2.24. The van der Waals surface area contributed by atoms with Gasteiger partial charge in [0.1, 0.15) is 17.7 Å². The van der Waals surface area contributed by atoms with E-state index in [2.05, 4.69) is 5.32 Å². The molecule has 4 aromatic rings. The molecule has 41 heavy (non-hydrogen) atoms. The number of aromatic nitrogens is 2. The number of nitrogens with two attached hydrogens (primary N) is 1. The number of alkyl halides is 3. The molecule has 0 fully saturated rings. The maximum atomic E-state index is 14.1. The molecule has 5 rings (SSSR count). The molecule has 0 aliphatic carbocycles. The van der Waals surface area contributed by atoms with E-state index < -0.39 is 41.3 Å². The number of anilines is 1. The van der Waals surface area contributed by atoms with Crippen molar-refractivity contribution in [2.24, 2.45) is 5.73 Å². The Morgan fingerprint density at radius 2 is 1.73 bits per heavy atom. The van der Waals surface area contributed by atoms with Gasteiger partial charge in [0.25, 0.3) is 11.8 Å². The average Bonchev–Trinajstić information content (AvgIpc) is 3.33. The van der Waals surface area contributed by atoms with E-state index in [0.29, 0.717) is 34.7 Å². The van der Waals surface area contributed by atoms with E-state index in [0.717, 1.165) is 18.2 Å². The Labute approximate surface area is 233 Å². The van der Waals surface area contributed by atoms with Crippen LogP contribution in [-0.4, -0.2) is 40.7 Å². The van der Waals surface area contributed by atoms with E-state index in [1.165, 1.54) is 35.2 Å². The monoisotopic (exact) mass is 565 g/mol. The molecule has 0 unspecified atom stereocenters. The van der Waals surface area contributed by atoms with Crippen molar-refractivity contribution in [3.05, 3.63) is 113 Å². The van der Waals surface area contributed by atoms with Crippen LogP contribution < -0.4 is 16.0 Å². The molecule has 2 amide bonds. The van der Waals surface area contributed by atoms with Crippen molar-refractivity contribution in [1.29, 1.82) is 0 Å². The molecule has 0 bridgehead atoms. The minimum absolute atomic E-state index is 0.221. The standard InChI is InChI=1S/C30H27F4N5O2/c1-2-38-28-25(23(15-16-35)37-39(28)22-9-4-3-5-10-22)24(18-11-13-21(31)14-12-18)26(29(38)41)36-27(40)19-7-6-8-20(17-19)30(32,33)34/h3-14,17,24,26H,2,15-16,35H2,1H3,(H,36,40)/t24-,26-/m0/s1. The van der Waals surface area contributed by atoms with Crippen LogP contribution in [0.5, 0.6) is 0 Å². The van der Waals surface area contributed by atoms with Crippen LogP contribution >= 0.6 is 0 Å². The fraction of sp³-hybridized carbons (Fsp3) is 0.233. The van der Waals surface area contributed by atoms with Gasteiger partial charge in [-0.1, -0.05) is 36.4 Å². The van der Waals surface area contributed by atoms with E-state index in [9.17, 15) is 27.2 Å². The van der Waals surface area contributed by atoms with Crippen LogP contribution in [0.2, 0.25) is 0 Å². The van der Waals surface area contributed by atoms with Gasteiger partial charge in [0.2, 0.25) is 0 Å². The smallest absolute Gasteiger partial charge is 0.339 e. The second-order valence-corrected chi connectivity index (χ2v) is 9.61. The number of hydrogen-bond acceptors (Lipinski definition) is 4. The third-order valence-electron chi connectivity index (χ3n) is 7.07. The Morgan fingerprint density at radius 3 is 2.37 bits per heavy atom. The highest BCUT2D eigenvalue weighted by Gasteiger charge is 2.46. The summed E-state index contributed by atoms with van der Waals surface area (Å²) in [6, 6.07) is 17.5. The molecule has 0 radical (unpaired) electrons. The number of halogens is 4. The molecule has 0 saturated carbocycles. The van der Waals surface area contributed by atoms with Gasteiger partial charge in [0.05, 0.1) is 16.9 Å². The second kappa shape index (κ2) is 11.2. The van der Waals surface area contributed by atoms with Gasteiger partial charge >= 0.3 is 6.18 Å². The lowest BCUT2D eigenvalue weighted by Gasteiger charge is -2.38. The van der Waals surface area contributed by atoms with Crippen LogP contribution in [0.15, 0.2) is 78.9 Å². The van der Waals surface area contributed by atoms with Crippen molar-refractivity contribution in [2.75, 3.05) is 18.0 Å². The molecule has 1 aliphatic rings. The summed E-state index contributed by atoms with van der Waals surface area (Å²) >= 11 is 0. The van der Waals surface area contributed by atoms with Crippen LogP contribution in [0.25, 0.3) is 5.69 Å². The predicted molar refractivity (Wildman–Crippen MR) is 145 cm³/mol. The third kappa shape index (κ3) is 5.32. The van der Waals surface area contributed by atoms with Gasteiger partial charge in [-0.3, -0.25) is 14.5 Å². The van der Waals surface area contributed by atoms with Gasteiger partial charge in [0.15, 0.2) is 0 Å². The number of benzene rings is 3. The van der Waals surface area contributed by atoms with Gasteiger partial charge in [0, 0.05) is 30.0 Å². The number of hydrogen-bond donors (Lipinski definition) is 2. The van der Waals surface area contributed by atoms with E-state index in [-0.39, 0.29) is 18.7 Å². The topological polar surface area (TPSA) is 93.2 Å². The van der Waals surface area contributed by atoms with E-state index in [4.69, 9.17) is 10.8 Å². The van der Waals surface area contributed by atoms with Gasteiger partial charge in [-0.2, -0.15) is 18.3 Å². The summed E-state index contributed by atoms with van der Waals surface area (Å²) < 4.78 is 55.7. The first kappa shape index (κ1) is 28.0. The Balaban J connectivity index is 1.68. The highest BCUT2D eigenvalue weighted by Crippen LogP contribution is 2.44. The maximum Gasteiger partial charge on any atom is 0.416 e. The molecule has 3 N–H and O–H groups in total. The number of fused-ring (bicyclic) bond motifs is 1. The zero-order valence-corrected chi connectivity index (χ0v) is 22.0. The fourth-order valence-electron chi connectivity index (χ4n) is 5.24. The highest BCUT2D eigenvalue weighted by molar-refractivity contribution is 6.05. The maximum absolute atomic E-state index is 14.1.